The van der Waals surface area contributed by atoms with Crippen molar-refractivity contribution in [1.82, 2.24) is 9.80 Å². The molecule has 1 aliphatic rings. The summed E-state index contributed by atoms with van der Waals surface area (Å²) in [7, 11) is 1.71. The van der Waals surface area contributed by atoms with E-state index >= 15 is 0 Å². The van der Waals surface area contributed by atoms with E-state index in [1.807, 2.05) is 6.92 Å². The van der Waals surface area contributed by atoms with E-state index < -0.39 is 11.9 Å². The summed E-state index contributed by atoms with van der Waals surface area (Å²) < 4.78 is 0. The smallest absolute Gasteiger partial charge is 0.320 e. The number of carbonyl (C=O) groups is 2. The zero-order valence-electron chi connectivity index (χ0n) is 10.5. The largest absolute Gasteiger partial charge is 0.481 e. The van der Waals surface area contributed by atoms with Gasteiger partial charge in [0.2, 0.25) is 0 Å². The van der Waals surface area contributed by atoms with E-state index in [1.54, 1.807) is 16.8 Å². The van der Waals surface area contributed by atoms with E-state index in [4.69, 9.17) is 5.11 Å². The van der Waals surface area contributed by atoms with Crippen LogP contribution in [0.5, 0.6) is 0 Å². The van der Waals surface area contributed by atoms with Crippen molar-refractivity contribution in [2.45, 2.75) is 19.8 Å². The molecule has 1 fully saturated rings. The molecule has 5 heteroatoms. The molecular weight excluding hydrogens is 220 g/mol. The molecule has 0 aromatic rings. The van der Waals surface area contributed by atoms with Gasteiger partial charge in [-0.15, -0.1) is 0 Å². The fourth-order valence-electron chi connectivity index (χ4n) is 2.07. The van der Waals surface area contributed by atoms with Crippen LogP contribution in [0.25, 0.3) is 0 Å². The van der Waals surface area contributed by atoms with Gasteiger partial charge in [-0.25, -0.2) is 4.79 Å². The molecule has 0 saturated carbocycles. The number of piperidine rings is 1. The molecule has 0 bridgehead atoms. The number of carboxylic acids is 1. The average molecular weight is 240 g/mol. The molecule has 1 rings (SSSR count). The van der Waals surface area contributed by atoms with Gasteiger partial charge in [0.15, 0.2) is 0 Å². The number of carbonyl (C=O) groups excluding carboxylic acids is 1. The highest BCUT2D eigenvalue weighted by Crippen LogP contribution is 2.17. The van der Waals surface area contributed by atoms with Crippen LogP contribution in [0.4, 0.5) is 4.79 Å². The minimum atomic E-state index is -0.815. The number of hydrogen-bond donors (Lipinski definition) is 1. The fraction of sp³-hybridized carbons (Fsp3) is 0.667. The molecular formula is C12H20N2O3. The standard InChI is InChI=1S/C12H20N2O3/c1-9(2)7-13(3)12(17)14-6-4-5-10(8-14)11(15)16/h10H,1,4-8H2,2-3H3,(H,15,16)/t10-/m1/s1. The van der Waals surface area contributed by atoms with E-state index in [9.17, 15) is 9.59 Å². The third-order valence-corrected chi connectivity index (χ3v) is 2.87. The van der Waals surface area contributed by atoms with Crippen LogP contribution in [0.2, 0.25) is 0 Å². The number of rotatable bonds is 3. The number of aliphatic carboxylic acids is 1. The second kappa shape index (κ2) is 5.70. The zero-order chi connectivity index (χ0) is 13.0. The minimum Gasteiger partial charge on any atom is -0.481 e. The van der Waals surface area contributed by atoms with Crippen molar-refractivity contribution < 1.29 is 14.7 Å². The molecule has 2 amide bonds. The lowest BCUT2D eigenvalue weighted by atomic mass is 9.99. The van der Waals surface area contributed by atoms with Crippen LogP contribution >= 0.6 is 0 Å². The molecule has 0 radical (unpaired) electrons. The highest BCUT2D eigenvalue weighted by molar-refractivity contribution is 5.76. The van der Waals surface area contributed by atoms with Crippen LogP contribution in [0.1, 0.15) is 19.8 Å². The maximum absolute atomic E-state index is 12.0. The summed E-state index contributed by atoms with van der Waals surface area (Å²) >= 11 is 0. The van der Waals surface area contributed by atoms with Crippen molar-refractivity contribution in [2.75, 3.05) is 26.7 Å². The van der Waals surface area contributed by atoms with Crippen molar-refractivity contribution in [3.8, 4) is 0 Å². The van der Waals surface area contributed by atoms with Crippen molar-refractivity contribution in [1.29, 1.82) is 0 Å². The van der Waals surface area contributed by atoms with Gasteiger partial charge in [-0.1, -0.05) is 12.2 Å². The Morgan fingerprint density at radius 3 is 2.71 bits per heavy atom. The lowest BCUT2D eigenvalue weighted by Crippen LogP contribution is -2.47. The van der Waals surface area contributed by atoms with Gasteiger partial charge in [-0.3, -0.25) is 4.79 Å². The third-order valence-electron chi connectivity index (χ3n) is 2.87. The van der Waals surface area contributed by atoms with Crippen LogP contribution in [0.3, 0.4) is 0 Å². The third kappa shape index (κ3) is 3.76. The molecule has 96 valence electrons. The monoisotopic (exact) mass is 240 g/mol. The Kier molecular flexibility index (Phi) is 4.54. The predicted octanol–water partition coefficient (Wildman–Crippen LogP) is 1.41. The van der Waals surface area contributed by atoms with Crippen molar-refractivity contribution in [3.63, 3.8) is 0 Å². The van der Waals surface area contributed by atoms with Crippen LogP contribution in [0, 0.1) is 5.92 Å². The van der Waals surface area contributed by atoms with Crippen molar-refractivity contribution in [3.05, 3.63) is 12.2 Å². The number of amides is 2. The number of likely N-dealkylation sites (tertiary alicyclic amines) is 1. The Hall–Kier alpha value is -1.52. The summed E-state index contributed by atoms with van der Waals surface area (Å²) in [5.41, 5.74) is 0.910. The Bertz CT molecular complexity index is 328. The molecule has 0 unspecified atom stereocenters. The maximum Gasteiger partial charge on any atom is 0.320 e. The first kappa shape index (κ1) is 13.5. The van der Waals surface area contributed by atoms with Crippen LogP contribution in [-0.2, 0) is 4.79 Å². The minimum absolute atomic E-state index is 0.112. The summed E-state index contributed by atoms with van der Waals surface area (Å²) in [6.45, 7) is 7.08. The van der Waals surface area contributed by atoms with Crippen LogP contribution < -0.4 is 0 Å². The van der Waals surface area contributed by atoms with E-state index in [0.717, 1.165) is 12.0 Å². The maximum atomic E-state index is 12.0. The molecule has 1 saturated heterocycles. The summed E-state index contributed by atoms with van der Waals surface area (Å²) in [6.07, 6.45) is 1.41. The first-order valence-corrected chi connectivity index (χ1v) is 5.79. The first-order chi connectivity index (χ1) is 7.91. The second-order valence-electron chi connectivity index (χ2n) is 4.72. The van der Waals surface area contributed by atoms with Crippen LogP contribution in [0.15, 0.2) is 12.2 Å². The summed E-state index contributed by atoms with van der Waals surface area (Å²) in [5.74, 6) is -1.24. The van der Waals surface area contributed by atoms with Crippen molar-refractivity contribution in [2.24, 2.45) is 5.92 Å². The topological polar surface area (TPSA) is 60.9 Å². The quantitative estimate of drug-likeness (QED) is 0.759. The predicted molar refractivity (Wildman–Crippen MR) is 64.8 cm³/mol. The zero-order valence-corrected chi connectivity index (χ0v) is 10.5. The molecule has 0 aliphatic carbocycles. The lowest BCUT2D eigenvalue weighted by Gasteiger charge is -2.33. The van der Waals surface area contributed by atoms with E-state index in [0.29, 0.717) is 26.1 Å². The molecule has 1 aliphatic heterocycles. The van der Waals surface area contributed by atoms with Gasteiger partial charge in [0.1, 0.15) is 0 Å². The number of nitrogens with zero attached hydrogens (tertiary/aromatic N) is 2. The SMILES string of the molecule is C=C(C)CN(C)C(=O)N1CCC[C@@H](C(=O)O)C1. The van der Waals surface area contributed by atoms with Gasteiger partial charge in [0.25, 0.3) is 0 Å². The Morgan fingerprint density at radius 2 is 2.18 bits per heavy atom. The Balaban J connectivity index is 2.57. The number of hydrogen-bond acceptors (Lipinski definition) is 2. The van der Waals surface area contributed by atoms with Gasteiger partial charge >= 0.3 is 12.0 Å². The van der Waals surface area contributed by atoms with Gasteiger partial charge < -0.3 is 14.9 Å². The van der Waals surface area contributed by atoms with Gasteiger partial charge in [-0.05, 0) is 19.8 Å². The fourth-order valence-corrected chi connectivity index (χ4v) is 2.07. The van der Waals surface area contributed by atoms with Gasteiger partial charge in [0.05, 0.1) is 5.92 Å². The summed E-state index contributed by atoms with van der Waals surface area (Å²) in [5, 5.41) is 8.96. The Labute approximate surface area is 102 Å². The van der Waals surface area contributed by atoms with Gasteiger partial charge in [-0.2, -0.15) is 0 Å². The molecule has 0 aromatic carbocycles. The Morgan fingerprint density at radius 1 is 1.53 bits per heavy atom. The second-order valence-corrected chi connectivity index (χ2v) is 4.72. The van der Waals surface area contributed by atoms with E-state index in [-0.39, 0.29) is 6.03 Å². The molecule has 1 N–H and O–H groups in total. The van der Waals surface area contributed by atoms with E-state index in [1.165, 1.54) is 0 Å². The van der Waals surface area contributed by atoms with Crippen LogP contribution in [-0.4, -0.2) is 53.6 Å². The summed E-state index contributed by atoms with van der Waals surface area (Å²) in [6, 6.07) is -0.112. The van der Waals surface area contributed by atoms with Crippen molar-refractivity contribution >= 4 is 12.0 Å². The molecule has 0 spiro atoms. The molecule has 5 nitrogen and oxygen atoms in total. The number of likely N-dealkylation sites (N-methyl/N-ethyl adjacent to an activating group) is 1. The van der Waals surface area contributed by atoms with E-state index in [2.05, 4.69) is 6.58 Å². The molecule has 0 aromatic heterocycles. The lowest BCUT2D eigenvalue weighted by molar-refractivity contribution is -0.143. The average Bonchev–Trinajstić information content (AvgIpc) is 2.27. The number of urea groups is 1. The highest BCUT2D eigenvalue weighted by Gasteiger charge is 2.29. The molecule has 1 atom stereocenters. The van der Waals surface area contributed by atoms with Gasteiger partial charge in [0, 0.05) is 26.7 Å². The number of carboxylic acid groups (broad SMARTS) is 1. The normalized spacial score (nSPS) is 19.9. The molecule has 1 heterocycles. The highest BCUT2D eigenvalue weighted by atomic mass is 16.4. The first-order valence-electron chi connectivity index (χ1n) is 5.79. The molecule has 17 heavy (non-hydrogen) atoms. The summed E-state index contributed by atoms with van der Waals surface area (Å²) in [4.78, 5) is 26.1.